The van der Waals surface area contributed by atoms with Crippen molar-refractivity contribution in [3.8, 4) is 0 Å². The number of hydrogen-bond donors (Lipinski definition) is 1. The number of thiazole rings is 1. The van der Waals surface area contributed by atoms with Crippen LogP contribution in [0.1, 0.15) is 23.0 Å². The molecule has 0 saturated carbocycles. The molecule has 0 atom stereocenters. The van der Waals surface area contributed by atoms with Gasteiger partial charge in [-0.25, -0.2) is 19.7 Å². The van der Waals surface area contributed by atoms with Gasteiger partial charge in [-0.15, -0.1) is 22.7 Å². The fourth-order valence-electron chi connectivity index (χ4n) is 1.84. The molecule has 0 radical (unpaired) electrons. The zero-order valence-corrected chi connectivity index (χ0v) is 13.0. The Kier molecular flexibility index (Phi) is 3.80. The number of fused-ring (bicyclic) bond motifs is 1. The number of nitrogens with one attached hydrogen (secondary N) is 1. The fraction of sp³-hybridized carbons (Fsp3) is 0.231. The number of carbonyl (C=O) groups excluding carboxylic acids is 1. The van der Waals surface area contributed by atoms with Gasteiger partial charge >= 0.3 is 5.97 Å². The maximum atomic E-state index is 12.0. The molecule has 0 saturated heterocycles. The van der Waals surface area contributed by atoms with E-state index in [9.17, 15) is 4.79 Å². The van der Waals surface area contributed by atoms with Crippen LogP contribution in [0.2, 0.25) is 0 Å². The molecule has 0 aliphatic heterocycles. The minimum atomic E-state index is -0.364. The van der Waals surface area contributed by atoms with E-state index in [4.69, 9.17) is 4.74 Å². The first-order valence-corrected chi connectivity index (χ1v) is 8.03. The van der Waals surface area contributed by atoms with E-state index in [2.05, 4.69) is 20.3 Å². The van der Waals surface area contributed by atoms with Gasteiger partial charge in [0.15, 0.2) is 5.13 Å². The number of carbonyl (C=O) groups is 1. The van der Waals surface area contributed by atoms with Gasteiger partial charge in [0.25, 0.3) is 0 Å². The normalized spacial score (nSPS) is 10.8. The molecular formula is C13H12N4O2S2. The van der Waals surface area contributed by atoms with E-state index in [0.717, 1.165) is 15.7 Å². The van der Waals surface area contributed by atoms with Crippen LogP contribution in [0, 0.1) is 6.92 Å². The highest BCUT2D eigenvalue weighted by Crippen LogP contribution is 2.32. The SMILES string of the molecule is CCOC(=O)c1csc2ncnc(Nc3nc(C)cs3)c12. The molecule has 3 aromatic heterocycles. The third-order valence-corrected chi connectivity index (χ3v) is 4.47. The molecular weight excluding hydrogens is 308 g/mol. The highest BCUT2D eigenvalue weighted by Gasteiger charge is 2.18. The summed E-state index contributed by atoms with van der Waals surface area (Å²) >= 11 is 2.87. The minimum Gasteiger partial charge on any atom is -0.462 e. The first-order chi connectivity index (χ1) is 10.2. The standard InChI is InChI=1S/C13H12N4O2S2/c1-3-19-12(18)8-5-20-11-9(8)10(14-6-15-11)17-13-16-7(2)4-21-13/h4-6H,3H2,1-2H3,(H,14,15,16,17). The molecule has 108 valence electrons. The molecule has 3 aromatic rings. The largest absolute Gasteiger partial charge is 0.462 e. The van der Waals surface area contributed by atoms with E-state index >= 15 is 0 Å². The maximum Gasteiger partial charge on any atom is 0.339 e. The summed E-state index contributed by atoms with van der Waals surface area (Å²) < 4.78 is 5.08. The molecule has 0 aromatic carbocycles. The first kappa shape index (κ1) is 13.9. The van der Waals surface area contributed by atoms with Crippen molar-refractivity contribution in [1.82, 2.24) is 15.0 Å². The lowest BCUT2D eigenvalue weighted by Crippen LogP contribution is -2.05. The number of hydrogen-bond acceptors (Lipinski definition) is 8. The summed E-state index contributed by atoms with van der Waals surface area (Å²) in [7, 11) is 0. The lowest BCUT2D eigenvalue weighted by molar-refractivity contribution is 0.0529. The van der Waals surface area contributed by atoms with Crippen molar-refractivity contribution in [2.45, 2.75) is 13.8 Å². The van der Waals surface area contributed by atoms with Crippen LogP contribution in [-0.4, -0.2) is 27.5 Å². The number of aromatic nitrogens is 3. The van der Waals surface area contributed by atoms with E-state index < -0.39 is 0 Å². The van der Waals surface area contributed by atoms with E-state index in [0.29, 0.717) is 23.4 Å². The van der Waals surface area contributed by atoms with E-state index in [1.54, 1.807) is 12.3 Å². The second kappa shape index (κ2) is 5.74. The third kappa shape index (κ3) is 2.72. The van der Waals surface area contributed by atoms with E-state index in [-0.39, 0.29) is 5.97 Å². The highest BCUT2D eigenvalue weighted by molar-refractivity contribution is 7.17. The number of thiophene rings is 1. The van der Waals surface area contributed by atoms with Gasteiger partial charge in [-0.1, -0.05) is 0 Å². The summed E-state index contributed by atoms with van der Waals surface area (Å²) in [6, 6.07) is 0. The van der Waals surface area contributed by atoms with Gasteiger partial charge in [-0.05, 0) is 13.8 Å². The molecule has 0 bridgehead atoms. The molecule has 3 heterocycles. The van der Waals surface area contributed by atoms with Gasteiger partial charge in [-0.2, -0.15) is 0 Å². The Balaban J connectivity index is 2.05. The summed E-state index contributed by atoms with van der Waals surface area (Å²) in [4.78, 5) is 25.5. The van der Waals surface area contributed by atoms with Gasteiger partial charge in [0, 0.05) is 10.8 Å². The van der Waals surface area contributed by atoms with Gasteiger partial charge in [0.2, 0.25) is 0 Å². The Morgan fingerprint density at radius 1 is 1.33 bits per heavy atom. The Hall–Kier alpha value is -2.06. The van der Waals surface area contributed by atoms with Crippen molar-refractivity contribution >= 4 is 49.8 Å². The zero-order valence-electron chi connectivity index (χ0n) is 11.4. The second-order valence-corrected chi connectivity index (χ2v) is 5.91. The van der Waals surface area contributed by atoms with Crippen LogP contribution < -0.4 is 5.32 Å². The first-order valence-electron chi connectivity index (χ1n) is 6.27. The molecule has 0 aliphatic rings. The molecule has 6 nitrogen and oxygen atoms in total. The predicted molar refractivity (Wildman–Crippen MR) is 83.5 cm³/mol. The van der Waals surface area contributed by atoms with Crippen LogP contribution in [0.25, 0.3) is 10.2 Å². The van der Waals surface area contributed by atoms with Crippen molar-refractivity contribution in [2.24, 2.45) is 0 Å². The number of aryl methyl sites for hydroxylation is 1. The number of nitrogens with zero attached hydrogens (tertiary/aromatic N) is 3. The summed E-state index contributed by atoms with van der Waals surface area (Å²) in [6.07, 6.45) is 1.47. The van der Waals surface area contributed by atoms with Gasteiger partial charge in [0.05, 0.1) is 23.3 Å². The quantitative estimate of drug-likeness (QED) is 0.743. The van der Waals surface area contributed by atoms with Crippen molar-refractivity contribution in [2.75, 3.05) is 11.9 Å². The van der Waals surface area contributed by atoms with Crippen LogP contribution in [0.4, 0.5) is 10.9 Å². The topological polar surface area (TPSA) is 77.0 Å². The maximum absolute atomic E-state index is 12.0. The van der Waals surface area contributed by atoms with Crippen molar-refractivity contribution in [1.29, 1.82) is 0 Å². The number of rotatable bonds is 4. The Labute approximate surface area is 128 Å². The minimum absolute atomic E-state index is 0.332. The summed E-state index contributed by atoms with van der Waals surface area (Å²) in [5.41, 5.74) is 1.41. The second-order valence-electron chi connectivity index (χ2n) is 4.19. The lowest BCUT2D eigenvalue weighted by atomic mass is 10.2. The zero-order chi connectivity index (χ0) is 14.8. The van der Waals surface area contributed by atoms with Gasteiger partial charge in [-0.3, -0.25) is 0 Å². The molecule has 0 unspecified atom stereocenters. The Bertz CT molecular complexity index is 796. The van der Waals surface area contributed by atoms with Crippen LogP contribution in [0.15, 0.2) is 17.1 Å². The van der Waals surface area contributed by atoms with Crippen molar-refractivity contribution < 1.29 is 9.53 Å². The monoisotopic (exact) mass is 320 g/mol. The average Bonchev–Trinajstić information content (AvgIpc) is 3.06. The van der Waals surface area contributed by atoms with E-state index in [1.165, 1.54) is 29.0 Å². The third-order valence-electron chi connectivity index (χ3n) is 2.71. The molecule has 0 amide bonds. The predicted octanol–water partition coefficient (Wildman–Crippen LogP) is 3.38. The van der Waals surface area contributed by atoms with Gasteiger partial charge < -0.3 is 10.1 Å². The molecule has 3 rings (SSSR count). The van der Waals surface area contributed by atoms with Crippen LogP contribution >= 0.6 is 22.7 Å². The highest BCUT2D eigenvalue weighted by atomic mass is 32.1. The Morgan fingerprint density at radius 3 is 2.90 bits per heavy atom. The van der Waals surface area contributed by atoms with Crippen LogP contribution in [-0.2, 0) is 4.74 Å². The average molecular weight is 320 g/mol. The molecule has 21 heavy (non-hydrogen) atoms. The molecule has 8 heteroatoms. The fourth-order valence-corrected chi connectivity index (χ4v) is 3.40. The van der Waals surface area contributed by atoms with Gasteiger partial charge in [0.1, 0.15) is 17.0 Å². The summed E-state index contributed by atoms with van der Waals surface area (Å²) in [5, 5.41) is 8.24. The van der Waals surface area contributed by atoms with Crippen LogP contribution in [0.3, 0.4) is 0 Å². The Morgan fingerprint density at radius 2 is 2.19 bits per heavy atom. The number of ether oxygens (including phenoxy) is 1. The summed E-state index contributed by atoms with van der Waals surface area (Å²) in [6.45, 7) is 4.03. The van der Waals surface area contributed by atoms with Crippen LogP contribution in [0.5, 0.6) is 0 Å². The van der Waals surface area contributed by atoms with Crippen molar-refractivity contribution in [3.05, 3.63) is 28.3 Å². The lowest BCUT2D eigenvalue weighted by Gasteiger charge is -2.05. The van der Waals surface area contributed by atoms with Crippen molar-refractivity contribution in [3.63, 3.8) is 0 Å². The molecule has 0 fully saturated rings. The molecule has 0 spiro atoms. The molecule has 1 N–H and O–H groups in total. The molecule has 0 aliphatic carbocycles. The smallest absolute Gasteiger partial charge is 0.339 e. The van der Waals surface area contributed by atoms with E-state index in [1.807, 2.05) is 12.3 Å². The number of esters is 1. The summed E-state index contributed by atoms with van der Waals surface area (Å²) in [5.74, 6) is 0.204. The number of anilines is 2.